The van der Waals surface area contributed by atoms with Crippen molar-refractivity contribution in [2.75, 3.05) is 20.6 Å². The molecule has 140 valence electrons. The molecule has 6 heteroatoms. The van der Waals surface area contributed by atoms with Gasteiger partial charge in [-0.1, -0.05) is 42.5 Å². The number of fused-ring (bicyclic) bond motifs is 1. The van der Waals surface area contributed by atoms with Crippen molar-refractivity contribution < 1.29 is 9.59 Å². The van der Waals surface area contributed by atoms with Gasteiger partial charge in [-0.05, 0) is 52.8 Å². The smallest absolute Gasteiger partial charge is 0.309 e. The Bertz CT molecular complexity index is 917. The lowest BCUT2D eigenvalue weighted by Crippen LogP contribution is -2.42. The average Bonchev–Trinajstić information content (AvgIpc) is 3.19. The van der Waals surface area contributed by atoms with E-state index >= 15 is 0 Å². The fourth-order valence-corrected chi connectivity index (χ4v) is 3.71. The van der Waals surface area contributed by atoms with Crippen LogP contribution in [0.4, 0.5) is 0 Å². The second kappa shape index (κ2) is 8.79. The SMILES string of the molecule is CN(C)C(CNC(=O)C(=O)NCc1ccsc1)c1cccc2ccccc12. The molecule has 1 aromatic heterocycles. The summed E-state index contributed by atoms with van der Waals surface area (Å²) in [5.74, 6) is -1.23. The first-order chi connectivity index (χ1) is 13.1. The minimum atomic E-state index is -0.614. The number of nitrogens with one attached hydrogen (secondary N) is 2. The molecule has 3 aromatic rings. The third-order valence-electron chi connectivity index (χ3n) is 4.50. The topological polar surface area (TPSA) is 61.4 Å². The van der Waals surface area contributed by atoms with E-state index in [9.17, 15) is 9.59 Å². The van der Waals surface area contributed by atoms with Gasteiger partial charge in [-0.2, -0.15) is 11.3 Å². The van der Waals surface area contributed by atoms with Gasteiger partial charge in [-0.25, -0.2) is 0 Å². The van der Waals surface area contributed by atoms with Crippen molar-refractivity contribution >= 4 is 33.9 Å². The zero-order valence-corrected chi connectivity index (χ0v) is 16.3. The predicted molar refractivity (Wildman–Crippen MR) is 110 cm³/mol. The molecule has 0 fully saturated rings. The summed E-state index contributed by atoms with van der Waals surface area (Å²) in [6.07, 6.45) is 0. The van der Waals surface area contributed by atoms with Crippen LogP contribution in [-0.4, -0.2) is 37.4 Å². The van der Waals surface area contributed by atoms with E-state index in [4.69, 9.17) is 0 Å². The molecular formula is C21H23N3O2S. The van der Waals surface area contributed by atoms with Crippen LogP contribution in [0.15, 0.2) is 59.3 Å². The Hall–Kier alpha value is -2.70. The number of benzene rings is 2. The van der Waals surface area contributed by atoms with E-state index in [-0.39, 0.29) is 6.04 Å². The first-order valence-electron chi connectivity index (χ1n) is 8.77. The molecule has 1 heterocycles. The van der Waals surface area contributed by atoms with E-state index in [1.807, 2.05) is 54.0 Å². The van der Waals surface area contributed by atoms with E-state index in [1.165, 1.54) is 0 Å². The number of hydrogen-bond acceptors (Lipinski definition) is 4. The summed E-state index contributed by atoms with van der Waals surface area (Å²) in [5, 5.41) is 11.6. The Morgan fingerprint density at radius 1 is 1.00 bits per heavy atom. The first-order valence-corrected chi connectivity index (χ1v) is 9.71. The third kappa shape index (κ3) is 4.72. The van der Waals surface area contributed by atoms with E-state index in [0.29, 0.717) is 13.1 Å². The summed E-state index contributed by atoms with van der Waals surface area (Å²) in [4.78, 5) is 26.3. The number of amides is 2. The van der Waals surface area contributed by atoms with Crippen LogP contribution in [0.1, 0.15) is 17.2 Å². The van der Waals surface area contributed by atoms with E-state index < -0.39 is 11.8 Å². The molecule has 2 aromatic carbocycles. The van der Waals surface area contributed by atoms with Gasteiger partial charge in [0.05, 0.1) is 6.04 Å². The fourth-order valence-electron chi connectivity index (χ4n) is 3.04. The zero-order valence-electron chi connectivity index (χ0n) is 15.4. The molecule has 0 radical (unpaired) electrons. The molecule has 0 saturated heterocycles. The minimum Gasteiger partial charge on any atom is -0.346 e. The molecular weight excluding hydrogens is 358 g/mol. The normalized spacial score (nSPS) is 12.1. The van der Waals surface area contributed by atoms with Crippen LogP contribution in [-0.2, 0) is 16.1 Å². The number of hydrogen-bond donors (Lipinski definition) is 2. The number of carbonyl (C=O) groups is 2. The van der Waals surface area contributed by atoms with E-state index in [2.05, 4.69) is 34.9 Å². The summed E-state index contributed by atoms with van der Waals surface area (Å²) in [7, 11) is 3.93. The van der Waals surface area contributed by atoms with Crippen LogP contribution in [0.25, 0.3) is 10.8 Å². The van der Waals surface area contributed by atoms with Crippen LogP contribution in [0.2, 0.25) is 0 Å². The highest BCUT2D eigenvalue weighted by Gasteiger charge is 2.20. The van der Waals surface area contributed by atoms with Crippen molar-refractivity contribution in [3.63, 3.8) is 0 Å². The standard InChI is InChI=1S/C21H23N3O2S/c1-24(2)19(18-9-5-7-16-6-3-4-8-17(16)18)13-23-21(26)20(25)22-12-15-10-11-27-14-15/h3-11,14,19H,12-13H2,1-2H3,(H,22,25)(H,23,26). The second-order valence-corrected chi connectivity index (χ2v) is 7.35. The Morgan fingerprint density at radius 3 is 2.48 bits per heavy atom. The van der Waals surface area contributed by atoms with Gasteiger partial charge in [0.15, 0.2) is 0 Å². The maximum absolute atomic E-state index is 12.2. The molecule has 1 unspecified atom stereocenters. The molecule has 2 N–H and O–H groups in total. The van der Waals surface area contributed by atoms with Gasteiger partial charge in [0, 0.05) is 13.1 Å². The molecule has 0 spiro atoms. The summed E-state index contributed by atoms with van der Waals surface area (Å²) in [5.41, 5.74) is 2.11. The summed E-state index contributed by atoms with van der Waals surface area (Å²) < 4.78 is 0. The van der Waals surface area contributed by atoms with Crippen molar-refractivity contribution in [3.05, 3.63) is 70.4 Å². The van der Waals surface area contributed by atoms with Crippen molar-refractivity contribution in [1.29, 1.82) is 0 Å². The van der Waals surface area contributed by atoms with Gasteiger partial charge in [-0.3, -0.25) is 9.59 Å². The van der Waals surface area contributed by atoms with Crippen molar-refractivity contribution in [3.8, 4) is 0 Å². The van der Waals surface area contributed by atoms with Gasteiger partial charge >= 0.3 is 11.8 Å². The maximum Gasteiger partial charge on any atom is 0.309 e. The Morgan fingerprint density at radius 2 is 1.74 bits per heavy atom. The lowest BCUT2D eigenvalue weighted by Gasteiger charge is -2.26. The number of thiophene rings is 1. The lowest BCUT2D eigenvalue weighted by molar-refractivity contribution is -0.139. The van der Waals surface area contributed by atoms with Crippen LogP contribution >= 0.6 is 11.3 Å². The number of rotatable bonds is 6. The van der Waals surface area contributed by atoms with Crippen molar-refractivity contribution in [1.82, 2.24) is 15.5 Å². The highest BCUT2D eigenvalue weighted by molar-refractivity contribution is 7.07. The van der Waals surface area contributed by atoms with Gasteiger partial charge in [0.2, 0.25) is 0 Å². The molecule has 0 aliphatic heterocycles. The van der Waals surface area contributed by atoms with Gasteiger partial charge < -0.3 is 15.5 Å². The van der Waals surface area contributed by atoms with Gasteiger partial charge in [-0.15, -0.1) is 0 Å². The highest BCUT2D eigenvalue weighted by atomic mass is 32.1. The molecule has 0 saturated carbocycles. The molecule has 0 aliphatic carbocycles. The summed E-state index contributed by atoms with van der Waals surface area (Å²) in [6, 6.07) is 16.2. The van der Waals surface area contributed by atoms with Crippen molar-refractivity contribution in [2.45, 2.75) is 12.6 Å². The largest absolute Gasteiger partial charge is 0.346 e. The molecule has 3 rings (SSSR count). The third-order valence-corrected chi connectivity index (χ3v) is 5.23. The minimum absolute atomic E-state index is 0.0373. The lowest BCUT2D eigenvalue weighted by atomic mass is 9.98. The van der Waals surface area contributed by atoms with Crippen LogP contribution in [0, 0.1) is 0 Å². The highest BCUT2D eigenvalue weighted by Crippen LogP contribution is 2.26. The van der Waals surface area contributed by atoms with Crippen LogP contribution < -0.4 is 10.6 Å². The van der Waals surface area contributed by atoms with E-state index in [1.54, 1.807) is 11.3 Å². The molecule has 27 heavy (non-hydrogen) atoms. The second-order valence-electron chi connectivity index (χ2n) is 6.57. The Kier molecular flexibility index (Phi) is 6.21. The van der Waals surface area contributed by atoms with Gasteiger partial charge in [0.25, 0.3) is 0 Å². The predicted octanol–water partition coefficient (Wildman–Crippen LogP) is 2.94. The average molecular weight is 382 g/mol. The number of nitrogens with zero attached hydrogens (tertiary/aromatic N) is 1. The first kappa shape index (κ1) is 19.1. The maximum atomic E-state index is 12.2. The van der Waals surface area contributed by atoms with Crippen LogP contribution in [0.5, 0.6) is 0 Å². The summed E-state index contributed by atoms with van der Waals surface area (Å²) in [6.45, 7) is 0.710. The quantitative estimate of drug-likeness (QED) is 0.646. The molecule has 2 amide bonds. The monoisotopic (exact) mass is 381 g/mol. The van der Waals surface area contributed by atoms with Crippen molar-refractivity contribution in [2.24, 2.45) is 0 Å². The van der Waals surface area contributed by atoms with E-state index in [0.717, 1.165) is 21.9 Å². The Labute approximate surface area is 163 Å². The number of carbonyl (C=O) groups excluding carboxylic acids is 2. The fraction of sp³-hybridized carbons (Fsp3) is 0.238. The van der Waals surface area contributed by atoms with Crippen LogP contribution in [0.3, 0.4) is 0 Å². The number of likely N-dealkylation sites (N-methyl/N-ethyl adjacent to an activating group) is 1. The molecule has 0 aliphatic rings. The zero-order chi connectivity index (χ0) is 19.2. The molecule has 1 atom stereocenters. The molecule has 5 nitrogen and oxygen atoms in total. The van der Waals surface area contributed by atoms with Gasteiger partial charge in [0.1, 0.15) is 0 Å². The molecule has 0 bridgehead atoms. The summed E-state index contributed by atoms with van der Waals surface area (Å²) >= 11 is 1.56. The Balaban J connectivity index is 1.66.